The predicted octanol–water partition coefficient (Wildman–Crippen LogP) is 5.40. The first-order valence-electron chi connectivity index (χ1n) is 13.6. The Kier molecular flexibility index (Phi) is 8.21. The Balaban J connectivity index is 1.69. The van der Waals surface area contributed by atoms with Crippen molar-refractivity contribution in [2.75, 3.05) is 19.0 Å². The molecule has 210 valence electrons. The van der Waals surface area contributed by atoms with Gasteiger partial charge in [0.15, 0.2) is 16.3 Å². The molecule has 2 heterocycles. The maximum atomic E-state index is 14.1. The molecule has 0 radical (unpaired) electrons. The molecule has 41 heavy (non-hydrogen) atoms. The van der Waals surface area contributed by atoms with E-state index >= 15 is 0 Å². The Morgan fingerprint density at radius 3 is 2.46 bits per heavy atom. The van der Waals surface area contributed by atoms with Crippen LogP contribution >= 0.6 is 11.3 Å². The summed E-state index contributed by atoms with van der Waals surface area (Å²) in [5.74, 6) is 1.22. The number of allylic oxidation sites excluding steroid dienone is 1. The molecule has 1 aliphatic heterocycles. The fourth-order valence-corrected chi connectivity index (χ4v) is 6.00. The number of benzene rings is 3. The highest BCUT2D eigenvalue weighted by Gasteiger charge is 2.32. The minimum atomic E-state index is -0.644. The van der Waals surface area contributed by atoms with Crippen molar-refractivity contribution < 1.29 is 14.3 Å². The van der Waals surface area contributed by atoms with Crippen molar-refractivity contribution in [2.45, 2.75) is 39.7 Å². The molecule has 0 saturated carbocycles. The average Bonchev–Trinajstić information content (AvgIpc) is 3.27. The standard InChI is InChI=1S/C33H33N3O4S/c1-6-40-30-24(11-10-14-26(30)39-5)19-27-32(38)36-29(23-17-15-22(16-18-23)20(2)3)28(21(4)34-33(36)41-27)31(37)35-25-12-8-7-9-13-25/h7-20,29H,6H2,1-5H3,(H,35,37)/b27-19-/t29-/m0/s1. The number of thiazole rings is 1. The normalized spacial score (nSPS) is 15.0. The zero-order chi connectivity index (χ0) is 29.1. The fourth-order valence-electron chi connectivity index (χ4n) is 4.96. The van der Waals surface area contributed by atoms with Crippen LogP contribution in [0.15, 0.2) is 93.9 Å². The van der Waals surface area contributed by atoms with Crippen molar-refractivity contribution in [2.24, 2.45) is 4.99 Å². The number of hydrogen-bond donors (Lipinski definition) is 1. The van der Waals surface area contributed by atoms with E-state index in [-0.39, 0.29) is 11.5 Å². The van der Waals surface area contributed by atoms with E-state index < -0.39 is 6.04 Å². The summed E-state index contributed by atoms with van der Waals surface area (Å²) in [6.07, 6.45) is 1.80. The van der Waals surface area contributed by atoms with Gasteiger partial charge >= 0.3 is 0 Å². The third kappa shape index (κ3) is 5.60. The van der Waals surface area contributed by atoms with Gasteiger partial charge in [0.25, 0.3) is 11.5 Å². The summed E-state index contributed by atoms with van der Waals surface area (Å²) in [6.45, 7) is 8.45. The number of para-hydroxylation sites is 2. The molecule has 1 atom stereocenters. The topological polar surface area (TPSA) is 81.9 Å². The number of carbonyl (C=O) groups is 1. The number of nitrogens with zero attached hydrogens (tertiary/aromatic N) is 2. The number of amides is 1. The molecule has 5 rings (SSSR count). The highest BCUT2D eigenvalue weighted by Crippen LogP contribution is 2.33. The number of rotatable bonds is 8. The van der Waals surface area contributed by atoms with Gasteiger partial charge in [0, 0.05) is 11.3 Å². The van der Waals surface area contributed by atoms with Crippen LogP contribution in [0.5, 0.6) is 11.5 Å². The van der Waals surface area contributed by atoms with Crippen LogP contribution in [-0.4, -0.2) is 24.2 Å². The number of ether oxygens (including phenoxy) is 2. The lowest BCUT2D eigenvalue weighted by molar-refractivity contribution is -0.113. The highest BCUT2D eigenvalue weighted by atomic mass is 32.1. The summed E-state index contributed by atoms with van der Waals surface area (Å²) >= 11 is 1.29. The average molecular weight is 568 g/mol. The first-order chi connectivity index (χ1) is 19.8. The van der Waals surface area contributed by atoms with E-state index in [9.17, 15) is 9.59 Å². The molecule has 0 unspecified atom stereocenters. The van der Waals surface area contributed by atoms with E-state index in [1.165, 1.54) is 16.9 Å². The van der Waals surface area contributed by atoms with Crippen LogP contribution in [0.2, 0.25) is 0 Å². The van der Waals surface area contributed by atoms with Crippen LogP contribution in [0.3, 0.4) is 0 Å². The summed E-state index contributed by atoms with van der Waals surface area (Å²) in [5, 5.41) is 3.00. The zero-order valence-electron chi connectivity index (χ0n) is 23.8. The molecule has 0 saturated heterocycles. The number of nitrogens with one attached hydrogen (secondary N) is 1. The van der Waals surface area contributed by atoms with Crippen molar-refractivity contribution >= 4 is 29.0 Å². The van der Waals surface area contributed by atoms with Crippen molar-refractivity contribution in [1.82, 2.24) is 4.57 Å². The van der Waals surface area contributed by atoms with E-state index in [1.54, 1.807) is 17.8 Å². The quantitative estimate of drug-likeness (QED) is 0.309. The third-order valence-corrected chi connectivity index (χ3v) is 8.00. The summed E-state index contributed by atoms with van der Waals surface area (Å²) < 4.78 is 13.5. The van der Waals surface area contributed by atoms with Gasteiger partial charge in [-0.1, -0.05) is 79.8 Å². The van der Waals surface area contributed by atoms with Crippen LogP contribution in [0.4, 0.5) is 5.69 Å². The Morgan fingerprint density at radius 1 is 1.07 bits per heavy atom. The van der Waals surface area contributed by atoms with Gasteiger partial charge in [-0.3, -0.25) is 14.2 Å². The van der Waals surface area contributed by atoms with Crippen LogP contribution < -0.4 is 29.7 Å². The van der Waals surface area contributed by atoms with Crippen LogP contribution in [0, 0.1) is 0 Å². The first kappa shape index (κ1) is 28.1. The van der Waals surface area contributed by atoms with E-state index in [2.05, 4.69) is 31.3 Å². The van der Waals surface area contributed by atoms with Crippen LogP contribution in [0.25, 0.3) is 6.08 Å². The van der Waals surface area contributed by atoms with Gasteiger partial charge in [-0.2, -0.15) is 0 Å². The van der Waals surface area contributed by atoms with Crippen LogP contribution in [-0.2, 0) is 4.79 Å². The third-order valence-electron chi connectivity index (χ3n) is 7.02. The molecule has 1 N–H and O–H groups in total. The summed E-state index contributed by atoms with van der Waals surface area (Å²) in [7, 11) is 1.59. The van der Waals surface area contributed by atoms with E-state index in [4.69, 9.17) is 14.5 Å². The van der Waals surface area contributed by atoms with Gasteiger partial charge < -0.3 is 14.8 Å². The molecule has 0 aliphatic carbocycles. The number of hydrogen-bond acceptors (Lipinski definition) is 6. The Bertz CT molecular complexity index is 1780. The van der Waals surface area contributed by atoms with Crippen molar-refractivity contribution in [1.29, 1.82) is 0 Å². The van der Waals surface area contributed by atoms with Crippen molar-refractivity contribution in [3.05, 3.63) is 120 Å². The van der Waals surface area contributed by atoms with Crippen molar-refractivity contribution in [3.63, 3.8) is 0 Å². The monoisotopic (exact) mass is 567 g/mol. The minimum absolute atomic E-state index is 0.227. The summed E-state index contributed by atoms with van der Waals surface area (Å²) in [5.41, 5.74) is 4.19. The molecular formula is C33H33N3O4S. The minimum Gasteiger partial charge on any atom is -0.493 e. The molecule has 0 bridgehead atoms. The van der Waals surface area contributed by atoms with E-state index in [0.717, 1.165) is 11.1 Å². The van der Waals surface area contributed by atoms with E-state index in [1.807, 2.05) is 74.5 Å². The second-order valence-electron chi connectivity index (χ2n) is 10.0. The van der Waals surface area contributed by atoms with Gasteiger partial charge in [-0.05, 0) is 55.2 Å². The Hall–Kier alpha value is -4.43. The van der Waals surface area contributed by atoms with Crippen LogP contribution in [0.1, 0.15) is 56.3 Å². The van der Waals surface area contributed by atoms with Gasteiger partial charge in [0.05, 0.1) is 35.6 Å². The highest BCUT2D eigenvalue weighted by molar-refractivity contribution is 7.07. The molecule has 1 amide bonds. The van der Waals surface area contributed by atoms with Gasteiger partial charge in [-0.25, -0.2) is 4.99 Å². The maximum absolute atomic E-state index is 14.1. The number of carbonyl (C=O) groups excluding carboxylic acids is 1. The zero-order valence-corrected chi connectivity index (χ0v) is 24.6. The largest absolute Gasteiger partial charge is 0.493 e. The van der Waals surface area contributed by atoms with E-state index in [0.29, 0.717) is 50.3 Å². The lowest BCUT2D eigenvalue weighted by Gasteiger charge is -2.25. The number of fused-ring (bicyclic) bond motifs is 1. The first-order valence-corrected chi connectivity index (χ1v) is 14.4. The molecule has 4 aromatic rings. The predicted molar refractivity (Wildman–Crippen MR) is 164 cm³/mol. The fraction of sp³-hybridized carbons (Fsp3) is 0.242. The number of methoxy groups -OCH3 is 1. The van der Waals surface area contributed by atoms with Gasteiger partial charge in [-0.15, -0.1) is 0 Å². The number of aromatic nitrogens is 1. The summed E-state index contributed by atoms with van der Waals surface area (Å²) in [6, 6.07) is 22.3. The smallest absolute Gasteiger partial charge is 0.271 e. The second kappa shape index (κ2) is 12.0. The van der Waals surface area contributed by atoms with Gasteiger partial charge in [0.1, 0.15) is 0 Å². The lowest BCUT2D eigenvalue weighted by Crippen LogP contribution is -2.40. The van der Waals surface area contributed by atoms with Gasteiger partial charge in [0.2, 0.25) is 0 Å². The SMILES string of the molecule is CCOc1c(/C=c2\sc3n(c2=O)[C@@H](c2ccc(C(C)C)cc2)C(C(=O)Nc2ccccc2)=C(C)N=3)cccc1OC. The molecule has 0 spiro atoms. The lowest BCUT2D eigenvalue weighted by atomic mass is 9.93. The second-order valence-corrected chi connectivity index (χ2v) is 11.0. The van der Waals surface area contributed by atoms with Crippen molar-refractivity contribution in [3.8, 4) is 11.5 Å². The molecule has 8 heteroatoms. The maximum Gasteiger partial charge on any atom is 0.271 e. The molecule has 7 nitrogen and oxygen atoms in total. The molecular weight excluding hydrogens is 534 g/mol. The Labute approximate surface area is 243 Å². The molecule has 3 aromatic carbocycles. The molecule has 1 aliphatic rings. The number of anilines is 1. The molecule has 0 fully saturated rings. The Morgan fingerprint density at radius 2 is 1.80 bits per heavy atom. The molecule has 1 aromatic heterocycles. The summed E-state index contributed by atoms with van der Waals surface area (Å²) in [4.78, 5) is 33.1.